The molecule has 0 saturated heterocycles. The number of rotatable bonds is 4. The zero-order valence-corrected chi connectivity index (χ0v) is 13.1. The molecule has 0 heterocycles. The lowest BCUT2D eigenvalue weighted by Crippen LogP contribution is -2.06. The number of hydrogen-bond acceptors (Lipinski definition) is 2. The molecule has 0 saturated carbocycles. The fraction of sp³-hybridized carbons (Fsp3) is 0.143. The second kappa shape index (κ2) is 6.62. The van der Waals surface area contributed by atoms with Gasteiger partial charge < -0.3 is 5.32 Å². The van der Waals surface area contributed by atoms with Crippen LogP contribution < -0.4 is 5.32 Å². The predicted octanol–water partition coefficient (Wildman–Crippen LogP) is 4.97. The van der Waals surface area contributed by atoms with Crippen molar-refractivity contribution in [3.05, 3.63) is 57.5 Å². The molecule has 1 N–H and O–H groups in total. The summed E-state index contributed by atoms with van der Waals surface area (Å²) < 4.78 is 1.09. The highest BCUT2D eigenvalue weighted by atomic mass is 79.9. The van der Waals surface area contributed by atoms with Gasteiger partial charge >= 0.3 is 0 Å². The molecule has 0 aromatic heterocycles. The van der Waals surface area contributed by atoms with E-state index in [0.717, 1.165) is 16.0 Å². The summed E-state index contributed by atoms with van der Waals surface area (Å²) >= 11 is 11.3. The number of nitrogens with one attached hydrogen (secondary N) is 1. The predicted molar refractivity (Wildman–Crippen MR) is 82.5 cm³/mol. The van der Waals surface area contributed by atoms with E-state index in [0.29, 0.717) is 0 Å². The third-order valence-corrected chi connectivity index (χ3v) is 4.25. The zero-order valence-electron chi connectivity index (χ0n) is 9.91. The van der Waals surface area contributed by atoms with Crippen LogP contribution in [0, 0.1) is 0 Å². The quantitative estimate of drug-likeness (QED) is 0.841. The summed E-state index contributed by atoms with van der Waals surface area (Å²) in [5.41, 5.74) is 1.22. The molecule has 0 atom stereocenters. The van der Waals surface area contributed by atoms with Crippen LogP contribution in [-0.4, -0.2) is 7.05 Å². The van der Waals surface area contributed by atoms with Gasteiger partial charge in [-0.15, -0.1) is 0 Å². The number of halogens is 2. The molecular formula is C14H13BrClNS. The lowest BCUT2D eigenvalue weighted by molar-refractivity contribution is 0.803. The van der Waals surface area contributed by atoms with Gasteiger partial charge in [-0.05, 0) is 49.0 Å². The molecule has 0 amide bonds. The Kier molecular flexibility index (Phi) is 5.13. The van der Waals surface area contributed by atoms with Crippen LogP contribution in [0.25, 0.3) is 0 Å². The molecule has 0 unspecified atom stereocenters. The monoisotopic (exact) mass is 341 g/mol. The molecule has 2 rings (SSSR count). The first-order chi connectivity index (χ1) is 8.69. The van der Waals surface area contributed by atoms with Crippen molar-refractivity contribution in [1.29, 1.82) is 0 Å². The van der Waals surface area contributed by atoms with Crippen molar-refractivity contribution in [1.82, 2.24) is 5.32 Å². The average Bonchev–Trinajstić information content (AvgIpc) is 2.33. The Morgan fingerprint density at radius 2 is 2.06 bits per heavy atom. The van der Waals surface area contributed by atoms with Crippen molar-refractivity contribution in [3.63, 3.8) is 0 Å². The van der Waals surface area contributed by atoms with Gasteiger partial charge in [0, 0.05) is 25.8 Å². The van der Waals surface area contributed by atoms with Gasteiger partial charge in [-0.3, -0.25) is 0 Å². The second-order valence-corrected chi connectivity index (χ2v) is 6.31. The Labute approximate surface area is 125 Å². The van der Waals surface area contributed by atoms with Crippen molar-refractivity contribution in [2.24, 2.45) is 0 Å². The molecule has 4 heteroatoms. The fourth-order valence-corrected chi connectivity index (χ4v) is 3.36. The van der Waals surface area contributed by atoms with Crippen LogP contribution in [0.5, 0.6) is 0 Å². The van der Waals surface area contributed by atoms with Gasteiger partial charge in [0.1, 0.15) is 0 Å². The van der Waals surface area contributed by atoms with E-state index in [1.54, 1.807) is 11.8 Å². The summed E-state index contributed by atoms with van der Waals surface area (Å²) in [6.45, 7) is 0.816. The van der Waals surface area contributed by atoms with E-state index in [-0.39, 0.29) is 0 Å². The van der Waals surface area contributed by atoms with Crippen molar-refractivity contribution in [2.75, 3.05) is 7.05 Å². The van der Waals surface area contributed by atoms with E-state index in [2.05, 4.69) is 39.4 Å². The van der Waals surface area contributed by atoms with Gasteiger partial charge in [-0.2, -0.15) is 0 Å². The van der Waals surface area contributed by atoms with Gasteiger partial charge in [-0.1, -0.05) is 45.4 Å². The normalized spacial score (nSPS) is 10.6. The van der Waals surface area contributed by atoms with Crippen LogP contribution in [0.1, 0.15) is 5.56 Å². The van der Waals surface area contributed by atoms with Crippen LogP contribution in [0.2, 0.25) is 5.02 Å². The highest BCUT2D eigenvalue weighted by molar-refractivity contribution is 9.10. The van der Waals surface area contributed by atoms with Crippen LogP contribution in [-0.2, 0) is 6.54 Å². The molecule has 2 aromatic carbocycles. The summed E-state index contributed by atoms with van der Waals surface area (Å²) in [6.07, 6.45) is 0. The Bertz CT molecular complexity index is 545. The maximum atomic E-state index is 6.04. The molecule has 0 fully saturated rings. The average molecular weight is 343 g/mol. The third-order valence-electron chi connectivity index (χ3n) is 2.41. The first kappa shape index (κ1) is 13.9. The van der Waals surface area contributed by atoms with E-state index in [4.69, 9.17) is 11.6 Å². The maximum Gasteiger partial charge on any atom is 0.0410 e. The number of hydrogen-bond donors (Lipinski definition) is 1. The molecule has 0 bridgehead atoms. The summed E-state index contributed by atoms with van der Waals surface area (Å²) in [5, 5.41) is 3.94. The molecule has 1 nitrogen and oxygen atoms in total. The lowest BCUT2D eigenvalue weighted by Gasteiger charge is -2.09. The molecule has 0 spiro atoms. The van der Waals surface area contributed by atoms with E-state index < -0.39 is 0 Å². The van der Waals surface area contributed by atoms with Gasteiger partial charge in [-0.25, -0.2) is 0 Å². The fourth-order valence-electron chi connectivity index (χ4n) is 1.63. The minimum atomic E-state index is 0.777. The zero-order chi connectivity index (χ0) is 13.0. The van der Waals surface area contributed by atoms with Crippen LogP contribution in [0.3, 0.4) is 0 Å². The largest absolute Gasteiger partial charge is 0.316 e. The molecule has 0 aliphatic rings. The van der Waals surface area contributed by atoms with Gasteiger partial charge in [0.15, 0.2) is 0 Å². The minimum Gasteiger partial charge on any atom is -0.316 e. The second-order valence-electron chi connectivity index (χ2n) is 3.84. The highest BCUT2D eigenvalue weighted by Crippen LogP contribution is 2.33. The van der Waals surface area contributed by atoms with E-state index in [1.165, 1.54) is 15.4 Å². The summed E-state index contributed by atoms with van der Waals surface area (Å²) in [7, 11) is 1.94. The Morgan fingerprint density at radius 3 is 2.78 bits per heavy atom. The Morgan fingerprint density at radius 1 is 1.22 bits per heavy atom. The van der Waals surface area contributed by atoms with Crippen molar-refractivity contribution >= 4 is 39.3 Å². The molecule has 2 aromatic rings. The maximum absolute atomic E-state index is 6.04. The molecule has 0 aliphatic heterocycles. The van der Waals surface area contributed by atoms with Crippen molar-refractivity contribution < 1.29 is 0 Å². The topological polar surface area (TPSA) is 12.0 Å². The standard InChI is InChI=1S/C14H13BrClNS/c1-17-9-10-7-12(16)5-6-14(10)18-13-4-2-3-11(15)8-13/h2-8,17H,9H2,1H3. The van der Waals surface area contributed by atoms with Crippen LogP contribution in [0.4, 0.5) is 0 Å². The van der Waals surface area contributed by atoms with Crippen molar-refractivity contribution in [2.45, 2.75) is 16.3 Å². The van der Waals surface area contributed by atoms with Gasteiger partial charge in [0.25, 0.3) is 0 Å². The Balaban J connectivity index is 2.28. The SMILES string of the molecule is CNCc1cc(Cl)ccc1Sc1cccc(Br)c1. The van der Waals surface area contributed by atoms with E-state index in [9.17, 15) is 0 Å². The van der Waals surface area contributed by atoms with Crippen LogP contribution in [0.15, 0.2) is 56.7 Å². The smallest absolute Gasteiger partial charge is 0.0410 e. The highest BCUT2D eigenvalue weighted by Gasteiger charge is 2.05. The van der Waals surface area contributed by atoms with Crippen LogP contribution >= 0.6 is 39.3 Å². The molecule has 18 heavy (non-hydrogen) atoms. The molecule has 94 valence electrons. The summed E-state index contributed by atoms with van der Waals surface area (Å²) in [5.74, 6) is 0. The Hall–Kier alpha value is -0.480. The lowest BCUT2D eigenvalue weighted by atomic mass is 10.2. The van der Waals surface area contributed by atoms with Gasteiger partial charge in [0.2, 0.25) is 0 Å². The third kappa shape index (κ3) is 3.75. The first-order valence-corrected chi connectivity index (χ1v) is 7.54. The molecular weight excluding hydrogens is 330 g/mol. The van der Waals surface area contributed by atoms with E-state index >= 15 is 0 Å². The molecule has 0 aliphatic carbocycles. The van der Waals surface area contributed by atoms with E-state index in [1.807, 2.05) is 31.3 Å². The van der Waals surface area contributed by atoms with Gasteiger partial charge in [0.05, 0.1) is 0 Å². The summed E-state index contributed by atoms with van der Waals surface area (Å²) in [4.78, 5) is 2.44. The van der Waals surface area contributed by atoms with Crippen molar-refractivity contribution in [3.8, 4) is 0 Å². The number of benzene rings is 2. The summed E-state index contributed by atoms with van der Waals surface area (Å²) in [6, 6.07) is 14.3. The first-order valence-electron chi connectivity index (χ1n) is 5.55. The minimum absolute atomic E-state index is 0.777. The molecule has 0 radical (unpaired) electrons.